The Labute approximate surface area is 165 Å². The third-order valence-electron chi connectivity index (χ3n) is 3.94. The van der Waals surface area contributed by atoms with Crippen molar-refractivity contribution in [2.24, 2.45) is 0 Å². The highest BCUT2D eigenvalue weighted by Gasteiger charge is 2.41. The molecule has 0 spiro atoms. The van der Waals surface area contributed by atoms with Gasteiger partial charge in [-0.15, -0.1) is 0 Å². The van der Waals surface area contributed by atoms with E-state index in [4.69, 9.17) is 9.47 Å². The summed E-state index contributed by atoms with van der Waals surface area (Å²) in [5.74, 6) is -2.12. The third kappa shape index (κ3) is 6.41. The van der Waals surface area contributed by atoms with Gasteiger partial charge < -0.3 is 19.9 Å². The Morgan fingerprint density at radius 2 is 1.72 bits per heavy atom. The number of nitrogens with one attached hydrogen (secondary N) is 1. The molecule has 2 rings (SSSR count). The smallest absolute Gasteiger partial charge is 0.471 e. The number of carbonyl (C=O) groups excluding carboxylic acids is 2. The molecule has 0 saturated carbocycles. The summed E-state index contributed by atoms with van der Waals surface area (Å²) in [6.45, 7) is 3.18. The number of hydrogen-bond donors (Lipinski definition) is 2. The molecule has 1 amide bonds. The van der Waals surface area contributed by atoms with E-state index >= 15 is 0 Å². The van der Waals surface area contributed by atoms with Gasteiger partial charge >= 0.3 is 18.1 Å². The van der Waals surface area contributed by atoms with Gasteiger partial charge in [-0.2, -0.15) is 13.2 Å². The van der Waals surface area contributed by atoms with Crippen molar-refractivity contribution >= 4 is 11.9 Å². The van der Waals surface area contributed by atoms with E-state index in [1.807, 2.05) is 0 Å². The van der Waals surface area contributed by atoms with Crippen molar-refractivity contribution < 1.29 is 37.3 Å². The van der Waals surface area contributed by atoms with Gasteiger partial charge in [0.15, 0.2) is 0 Å². The van der Waals surface area contributed by atoms with Crippen LogP contribution in [0.5, 0.6) is 17.2 Å². The molecule has 29 heavy (non-hydrogen) atoms. The van der Waals surface area contributed by atoms with Crippen molar-refractivity contribution in [2.75, 3.05) is 6.61 Å². The highest BCUT2D eigenvalue weighted by molar-refractivity contribution is 5.87. The van der Waals surface area contributed by atoms with E-state index in [0.717, 1.165) is 0 Å². The monoisotopic (exact) mass is 411 g/mol. The Bertz CT molecular complexity index is 865. The van der Waals surface area contributed by atoms with Crippen molar-refractivity contribution in [2.45, 2.75) is 32.5 Å². The number of hydrogen-bond acceptors (Lipinski definition) is 5. The Morgan fingerprint density at radius 3 is 2.28 bits per heavy atom. The lowest BCUT2D eigenvalue weighted by atomic mass is 10.0. The van der Waals surface area contributed by atoms with Crippen LogP contribution >= 0.6 is 0 Å². The molecular weight excluding hydrogens is 391 g/mol. The number of rotatable bonds is 7. The molecule has 2 aromatic carbocycles. The molecule has 0 saturated heterocycles. The molecule has 0 aliphatic heterocycles. The highest BCUT2D eigenvalue weighted by Crippen LogP contribution is 2.26. The number of phenols is 1. The minimum Gasteiger partial charge on any atom is -0.508 e. The van der Waals surface area contributed by atoms with Gasteiger partial charge in [0.1, 0.15) is 23.3 Å². The van der Waals surface area contributed by atoms with E-state index in [0.29, 0.717) is 22.6 Å². The average molecular weight is 411 g/mol. The van der Waals surface area contributed by atoms with Crippen molar-refractivity contribution in [1.29, 1.82) is 0 Å². The number of benzene rings is 2. The Hall–Kier alpha value is -3.23. The molecule has 9 heteroatoms. The van der Waals surface area contributed by atoms with Crippen LogP contribution in [-0.2, 0) is 20.7 Å². The molecule has 2 N–H and O–H groups in total. The lowest BCUT2D eigenvalue weighted by Crippen LogP contribution is -2.48. The van der Waals surface area contributed by atoms with Gasteiger partial charge in [-0.1, -0.05) is 6.07 Å². The zero-order valence-corrected chi connectivity index (χ0v) is 15.7. The van der Waals surface area contributed by atoms with Crippen LogP contribution in [0.15, 0.2) is 42.5 Å². The normalized spacial score (nSPS) is 12.2. The van der Waals surface area contributed by atoms with Crippen molar-refractivity contribution in [1.82, 2.24) is 5.32 Å². The molecule has 0 aromatic heterocycles. The van der Waals surface area contributed by atoms with Crippen molar-refractivity contribution in [3.63, 3.8) is 0 Å². The van der Waals surface area contributed by atoms with Gasteiger partial charge in [0.25, 0.3) is 0 Å². The van der Waals surface area contributed by atoms with Crippen molar-refractivity contribution in [3.8, 4) is 17.2 Å². The molecule has 156 valence electrons. The maximum Gasteiger partial charge on any atom is 0.471 e. The molecule has 0 unspecified atom stereocenters. The summed E-state index contributed by atoms with van der Waals surface area (Å²) in [7, 11) is 0. The first-order valence-electron chi connectivity index (χ1n) is 8.71. The topological polar surface area (TPSA) is 84.9 Å². The minimum atomic E-state index is -5.11. The fourth-order valence-electron chi connectivity index (χ4n) is 2.51. The Morgan fingerprint density at radius 1 is 1.10 bits per heavy atom. The van der Waals surface area contributed by atoms with Gasteiger partial charge in [-0.05, 0) is 61.4 Å². The van der Waals surface area contributed by atoms with Crippen LogP contribution in [-0.4, -0.2) is 35.8 Å². The number of aromatic hydroxyl groups is 1. The number of alkyl halides is 3. The van der Waals surface area contributed by atoms with E-state index in [9.17, 15) is 27.9 Å². The zero-order valence-electron chi connectivity index (χ0n) is 15.7. The van der Waals surface area contributed by atoms with Crippen LogP contribution in [0.1, 0.15) is 18.1 Å². The van der Waals surface area contributed by atoms with Crippen LogP contribution < -0.4 is 10.1 Å². The minimum absolute atomic E-state index is 0.0321. The van der Waals surface area contributed by atoms with E-state index in [1.165, 1.54) is 19.1 Å². The number of halogens is 3. The van der Waals surface area contributed by atoms with Crippen LogP contribution in [0.2, 0.25) is 0 Å². The molecule has 0 radical (unpaired) electrons. The summed E-state index contributed by atoms with van der Waals surface area (Å²) in [5, 5.41) is 11.0. The number of amides is 1. The first kappa shape index (κ1) is 22.1. The van der Waals surface area contributed by atoms with Gasteiger partial charge in [-0.25, -0.2) is 4.79 Å². The van der Waals surface area contributed by atoms with Gasteiger partial charge in [-0.3, -0.25) is 4.79 Å². The summed E-state index contributed by atoms with van der Waals surface area (Å²) in [5.41, 5.74) is 1.19. The lowest BCUT2D eigenvalue weighted by molar-refractivity contribution is -0.175. The first-order valence-corrected chi connectivity index (χ1v) is 8.71. The molecule has 1 atom stereocenters. The van der Waals surface area contributed by atoms with E-state index < -0.39 is 24.1 Å². The third-order valence-corrected chi connectivity index (χ3v) is 3.94. The van der Waals surface area contributed by atoms with Gasteiger partial charge in [0.2, 0.25) is 0 Å². The summed E-state index contributed by atoms with van der Waals surface area (Å²) < 4.78 is 48.1. The van der Waals surface area contributed by atoms with E-state index in [1.54, 1.807) is 42.6 Å². The van der Waals surface area contributed by atoms with Crippen molar-refractivity contribution in [3.05, 3.63) is 53.6 Å². The standard InChI is InChI=1S/C20H20F3NO5/c1-3-28-18(26)17(24-19(27)20(21,22)23)11-13-4-7-16(10-12(13)2)29-15-8-5-14(25)6-9-15/h4-10,17,25H,3,11H2,1-2H3,(H,24,27)/t17-/m0/s1. The molecule has 0 aliphatic rings. The number of esters is 1. The summed E-state index contributed by atoms with van der Waals surface area (Å²) in [4.78, 5) is 23.3. The second-order valence-electron chi connectivity index (χ2n) is 6.16. The fourth-order valence-corrected chi connectivity index (χ4v) is 2.51. The zero-order chi connectivity index (χ0) is 21.6. The SMILES string of the molecule is CCOC(=O)[C@H](Cc1ccc(Oc2ccc(O)cc2)cc1C)NC(=O)C(F)(F)F. The number of phenolic OH excluding ortho intramolecular Hbond substituents is 1. The maximum absolute atomic E-state index is 12.6. The lowest BCUT2D eigenvalue weighted by Gasteiger charge is -2.19. The Balaban J connectivity index is 2.16. The Kier molecular flexibility index (Phi) is 7.08. The summed E-state index contributed by atoms with van der Waals surface area (Å²) in [6.07, 6.45) is -5.28. The highest BCUT2D eigenvalue weighted by atomic mass is 19.4. The predicted molar refractivity (Wildman–Crippen MR) is 97.7 cm³/mol. The number of aryl methyl sites for hydroxylation is 1. The summed E-state index contributed by atoms with van der Waals surface area (Å²) in [6, 6.07) is 9.42. The second-order valence-corrected chi connectivity index (χ2v) is 6.16. The van der Waals surface area contributed by atoms with Crippen LogP contribution in [0.3, 0.4) is 0 Å². The fraction of sp³-hybridized carbons (Fsp3) is 0.300. The van der Waals surface area contributed by atoms with Crippen LogP contribution in [0.25, 0.3) is 0 Å². The molecule has 0 heterocycles. The molecule has 6 nitrogen and oxygen atoms in total. The number of ether oxygens (including phenoxy) is 2. The van der Waals surface area contributed by atoms with Gasteiger partial charge in [0, 0.05) is 6.42 Å². The average Bonchev–Trinajstić information content (AvgIpc) is 2.64. The molecule has 0 bridgehead atoms. The second kappa shape index (κ2) is 9.31. The van der Waals surface area contributed by atoms with Crippen LogP contribution in [0.4, 0.5) is 13.2 Å². The largest absolute Gasteiger partial charge is 0.508 e. The number of carbonyl (C=O) groups is 2. The predicted octanol–water partition coefficient (Wildman–Crippen LogP) is 3.65. The summed E-state index contributed by atoms with van der Waals surface area (Å²) >= 11 is 0. The van der Waals surface area contributed by atoms with E-state index in [2.05, 4.69) is 0 Å². The molecular formula is C20H20F3NO5. The van der Waals surface area contributed by atoms with Crippen LogP contribution in [0, 0.1) is 6.92 Å². The van der Waals surface area contributed by atoms with Gasteiger partial charge in [0.05, 0.1) is 6.61 Å². The van der Waals surface area contributed by atoms with E-state index in [-0.39, 0.29) is 18.8 Å². The molecule has 0 fully saturated rings. The molecule has 0 aliphatic carbocycles. The maximum atomic E-state index is 12.6. The first-order chi connectivity index (χ1) is 13.6. The quantitative estimate of drug-likeness (QED) is 0.680. The molecule has 2 aromatic rings.